The number of thiophene rings is 1. The third-order valence-electron chi connectivity index (χ3n) is 6.68. The second kappa shape index (κ2) is 9.63. The Balaban J connectivity index is 1.45. The molecule has 6 rings (SSSR count). The molecule has 2 aromatic carbocycles. The van der Waals surface area contributed by atoms with Gasteiger partial charge in [-0.05, 0) is 74.1 Å². The summed E-state index contributed by atoms with van der Waals surface area (Å²) in [5.74, 6) is 0.975. The number of hydrogen-bond acceptors (Lipinski definition) is 6. The van der Waals surface area contributed by atoms with E-state index in [-0.39, 0.29) is 17.2 Å². The first-order chi connectivity index (χ1) is 17.9. The van der Waals surface area contributed by atoms with Crippen molar-refractivity contribution in [1.29, 1.82) is 0 Å². The summed E-state index contributed by atoms with van der Waals surface area (Å²) in [6, 6.07) is 14.8. The van der Waals surface area contributed by atoms with Gasteiger partial charge in [-0.2, -0.15) is 0 Å². The average Bonchev–Trinajstić information content (AvgIpc) is 3.47. The van der Waals surface area contributed by atoms with Crippen LogP contribution in [-0.2, 0) is 17.6 Å². The zero-order valence-electron chi connectivity index (χ0n) is 20.3. The van der Waals surface area contributed by atoms with Crippen molar-refractivity contribution in [2.75, 3.05) is 11.1 Å². The molecule has 5 aromatic rings. The molecule has 0 aliphatic heterocycles. The fraction of sp³-hybridized carbons (Fsp3) is 0.259. The monoisotopic (exact) mass is 549 g/mol. The molecule has 0 bridgehead atoms. The molecule has 3 heterocycles. The lowest BCUT2D eigenvalue weighted by Crippen LogP contribution is -2.23. The quantitative estimate of drug-likeness (QED) is 0.275. The van der Waals surface area contributed by atoms with Crippen LogP contribution in [0.2, 0.25) is 5.02 Å². The number of halogens is 1. The molecule has 0 unspecified atom stereocenters. The Morgan fingerprint density at radius 2 is 1.92 bits per heavy atom. The normalized spacial score (nSPS) is 15.3. The predicted octanol–water partition coefficient (Wildman–Crippen LogP) is 5.91. The highest BCUT2D eigenvalue weighted by molar-refractivity contribution is 7.99. The van der Waals surface area contributed by atoms with Gasteiger partial charge < -0.3 is 5.32 Å². The number of nitrogens with zero attached hydrogens (tertiary/aromatic N) is 4. The molecular formula is C27H24ClN5O2S2. The first kappa shape index (κ1) is 24.2. The van der Waals surface area contributed by atoms with Crippen LogP contribution < -0.4 is 10.9 Å². The minimum absolute atomic E-state index is 0.0995. The highest BCUT2D eigenvalue weighted by Crippen LogP contribution is 2.38. The van der Waals surface area contributed by atoms with Gasteiger partial charge in [-0.1, -0.05) is 48.0 Å². The van der Waals surface area contributed by atoms with E-state index in [9.17, 15) is 9.59 Å². The lowest BCUT2D eigenvalue weighted by molar-refractivity contribution is -0.113. The summed E-state index contributed by atoms with van der Waals surface area (Å²) in [5, 5.41) is 13.7. The molecule has 188 valence electrons. The van der Waals surface area contributed by atoms with Gasteiger partial charge in [-0.3, -0.25) is 9.59 Å². The van der Waals surface area contributed by atoms with Crippen LogP contribution in [-0.4, -0.2) is 30.8 Å². The minimum Gasteiger partial charge on any atom is -0.325 e. The van der Waals surface area contributed by atoms with E-state index >= 15 is 0 Å². The lowest BCUT2D eigenvalue weighted by atomic mass is 9.89. The van der Waals surface area contributed by atoms with Gasteiger partial charge in [0.05, 0.1) is 16.8 Å². The van der Waals surface area contributed by atoms with Crippen LogP contribution >= 0.6 is 34.7 Å². The van der Waals surface area contributed by atoms with Gasteiger partial charge in [0, 0.05) is 15.6 Å². The van der Waals surface area contributed by atoms with Gasteiger partial charge >= 0.3 is 0 Å². The van der Waals surface area contributed by atoms with E-state index in [2.05, 4.69) is 22.4 Å². The van der Waals surface area contributed by atoms with Crippen LogP contribution in [0.3, 0.4) is 0 Å². The number of aromatic nitrogens is 4. The van der Waals surface area contributed by atoms with Crippen molar-refractivity contribution in [2.45, 2.75) is 38.3 Å². The summed E-state index contributed by atoms with van der Waals surface area (Å²) >= 11 is 9.08. The average molecular weight is 550 g/mol. The van der Waals surface area contributed by atoms with E-state index in [1.165, 1.54) is 16.6 Å². The van der Waals surface area contributed by atoms with Crippen molar-refractivity contribution in [1.82, 2.24) is 19.2 Å². The second-order valence-corrected chi connectivity index (χ2v) is 11.9. The molecule has 1 N–H and O–H groups in total. The Morgan fingerprint density at radius 1 is 1.16 bits per heavy atom. The van der Waals surface area contributed by atoms with Gasteiger partial charge in [-0.15, -0.1) is 21.5 Å². The number of fused-ring (bicyclic) bond motifs is 5. The molecular weight excluding hydrogens is 526 g/mol. The van der Waals surface area contributed by atoms with Gasteiger partial charge in [-0.25, -0.2) is 8.97 Å². The summed E-state index contributed by atoms with van der Waals surface area (Å²) in [4.78, 5) is 28.8. The molecule has 0 fully saturated rings. The standard InChI is InChI=1S/C27H24ClN5O2S2/c1-15-3-8-18(9-4-15)29-22(34)14-36-27-31-30-26-32(19-10-6-17(28)7-11-19)24(35)23-20-13-16(2)5-12-21(20)37-25(23)33(26)27/h3-4,6-11,16H,5,12-14H2,1-2H3,(H,29,34)/t16-/m0/s1. The number of thioether (sulfide) groups is 1. The molecule has 1 aliphatic carbocycles. The highest BCUT2D eigenvalue weighted by atomic mass is 35.5. The van der Waals surface area contributed by atoms with Gasteiger partial charge in [0.15, 0.2) is 5.16 Å². The van der Waals surface area contributed by atoms with E-state index in [1.54, 1.807) is 28.0 Å². The van der Waals surface area contributed by atoms with Crippen LogP contribution in [0.25, 0.3) is 21.7 Å². The molecule has 1 aliphatic rings. The van der Waals surface area contributed by atoms with Crippen LogP contribution in [0, 0.1) is 12.8 Å². The molecule has 37 heavy (non-hydrogen) atoms. The number of nitrogens with one attached hydrogen (secondary N) is 1. The summed E-state index contributed by atoms with van der Waals surface area (Å²) in [5.41, 5.74) is 3.59. The van der Waals surface area contributed by atoms with E-state index in [0.717, 1.165) is 46.3 Å². The Labute approximate surface area is 226 Å². The topological polar surface area (TPSA) is 81.3 Å². The summed E-state index contributed by atoms with van der Waals surface area (Å²) in [6.07, 6.45) is 2.94. The van der Waals surface area contributed by atoms with Crippen molar-refractivity contribution in [2.24, 2.45) is 5.92 Å². The molecule has 1 atom stereocenters. The number of hydrogen-bond donors (Lipinski definition) is 1. The fourth-order valence-electron chi connectivity index (χ4n) is 4.79. The molecule has 0 radical (unpaired) electrons. The third kappa shape index (κ3) is 4.45. The van der Waals surface area contributed by atoms with E-state index < -0.39 is 0 Å². The summed E-state index contributed by atoms with van der Waals surface area (Å²) < 4.78 is 3.54. The Morgan fingerprint density at radius 3 is 2.68 bits per heavy atom. The number of carbonyl (C=O) groups excluding carboxylic acids is 1. The maximum absolute atomic E-state index is 14.0. The van der Waals surface area contributed by atoms with Gasteiger partial charge in [0.2, 0.25) is 11.7 Å². The third-order valence-corrected chi connectivity index (χ3v) is 9.14. The number of anilines is 1. The SMILES string of the molecule is Cc1ccc(NC(=O)CSc2nnc3n(-c4ccc(Cl)cc4)c(=O)c4c5c(sc4n23)CC[C@H](C)C5)cc1. The minimum atomic E-state index is -0.132. The van der Waals surface area contributed by atoms with Crippen LogP contribution in [0.1, 0.15) is 29.3 Å². The van der Waals surface area contributed by atoms with Crippen LogP contribution in [0.5, 0.6) is 0 Å². The number of aryl methyl sites for hydroxylation is 2. The first-order valence-corrected chi connectivity index (χ1v) is 14.3. The van der Waals surface area contributed by atoms with Gasteiger partial charge in [0.25, 0.3) is 5.56 Å². The van der Waals surface area contributed by atoms with Crippen molar-refractivity contribution < 1.29 is 4.79 Å². The molecule has 3 aromatic heterocycles. The lowest BCUT2D eigenvalue weighted by Gasteiger charge is -2.18. The molecule has 10 heteroatoms. The maximum atomic E-state index is 14.0. The largest absolute Gasteiger partial charge is 0.325 e. The van der Waals surface area contributed by atoms with Crippen molar-refractivity contribution in [3.63, 3.8) is 0 Å². The molecule has 7 nitrogen and oxygen atoms in total. The van der Waals surface area contributed by atoms with Crippen LogP contribution in [0.15, 0.2) is 58.5 Å². The molecule has 0 saturated carbocycles. The predicted molar refractivity (Wildman–Crippen MR) is 151 cm³/mol. The highest BCUT2D eigenvalue weighted by Gasteiger charge is 2.27. The van der Waals surface area contributed by atoms with Crippen LogP contribution in [0.4, 0.5) is 5.69 Å². The van der Waals surface area contributed by atoms with Crippen molar-refractivity contribution in [3.05, 3.63) is 79.9 Å². The smallest absolute Gasteiger partial charge is 0.268 e. The summed E-state index contributed by atoms with van der Waals surface area (Å²) in [7, 11) is 0. The number of rotatable bonds is 5. The number of benzene rings is 2. The zero-order chi connectivity index (χ0) is 25.7. The first-order valence-electron chi connectivity index (χ1n) is 12.1. The van der Waals surface area contributed by atoms with E-state index in [0.29, 0.717) is 27.6 Å². The van der Waals surface area contributed by atoms with E-state index in [4.69, 9.17) is 11.6 Å². The maximum Gasteiger partial charge on any atom is 0.268 e. The Kier molecular flexibility index (Phi) is 6.30. The number of amides is 1. The summed E-state index contributed by atoms with van der Waals surface area (Å²) in [6.45, 7) is 4.24. The fourth-order valence-corrected chi connectivity index (χ4v) is 7.04. The second-order valence-electron chi connectivity index (χ2n) is 9.47. The molecule has 0 saturated heterocycles. The van der Waals surface area contributed by atoms with Gasteiger partial charge in [0.1, 0.15) is 4.83 Å². The van der Waals surface area contributed by atoms with E-state index in [1.807, 2.05) is 47.7 Å². The number of carbonyl (C=O) groups is 1. The van der Waals surface area contributed by atoms with Crippen molar-refractivity contribution in [3.8, 4) is 5.69 Å². The Bertz CT molecular complexity index is 1700. The Hall–Kier alpha value is -3.14. The molecule has 1 amide bonds. The van der Waals surface area contributed by atoms with Crippen molar-refractivity contribution >= 4 is 62.3 Å². The zero-order valence-corrected chi connectivity index (χ0v) is 22.7. The molecule has 0 spiro atoms.